The van der Waals surface area contributed by atoms with Crippen LogP contribution in [0.4, 0.5) is 0 Å². The molecule has 96 valence electrons. The average molecular weight is 250 g/mol. The molecular formula is C12H14N2O4. The van der Waals surface area contributed by atoms with E-state index in [1.165, 1.54) is 0 Å². The molecule has 2 aromatic rings. The second-order valence-corrected chi connectivity index (χ2v) is 4.50. The van der Waals surface area contributed by atoms with E-state index >= 15 is 0 Å². The van der Waals surface area contributed by atoms with Crippen molar-refractivity contribution in [2.45, 2.75) is 24.4 Å². The van der Waals surface area contributed by atoms with E-state index in [2.05, 4.69) is 4.98 Å². The largest absolute Gasteiger partial charge is 0.394 e. The highest BCUT2D eigenvalue weighted by Gasteiger charge is 2.42. The molecule has 18 heavy (non-hydrogen) atoms. The van der Waals surface area contributed by atoms with Gasteiger partial charge in [0.1, 0.15) is 24.1 Å². The lowest BCUT2D eigenvalue weighted by Gasteiger charge is -2.35. The maximum absolute atomic E-state index is 9.94. The van der Waals surface area contributed by atoms with Gasteiger partial charge in [0.2, 0.25) is 0 Å². The molecule has 2 heterocycles. The number of fused-ring (bicyclic) bond motifs is 3. The number of nitrogens with zero attached hydrogens (tertiary/aromatic N) is 2. The van der Waals surface area contributed by atoms with Gasteiger partial charge in [0.15, 0.2) is 0 Å². The summed E-state index contributed by atoms with van der Waals surface area (Å²) < 4.78 is 1.59. The first-order valence-corrected chi connectivity index (χ1v) is 5.77. The van der Waals surface area contributed by atoms with Gasteiger partial charge in [-0.25, -0.2) is 4.98 Å². The zero-order valence-corrected chi connectivity index (χ0v) is 9.51. The first-order chi connectivity index (χ1) is 8.65. The number of hydrogen-bond donors (Lipinski definition) is 4. The van der Waals surface area contributed by atoms with E-state index in [0.717, 1.165) is 5.52 Å². The van der Waals surface area contributed by atoms with E-state index in [0.29, 0.717) is 5.52 Å². The van der Waals surface area contributed by atoms with Gasteiger partial charge < -0.3 is 25.0 Å². The van der Waals surface area contributed by atoms with Crippen molar-refractivity contribution >= 4 is 11.0 Å². The Morgan fingerprint density at radius 2 is 1.83 bits per heavy atom. The number of aliphatic hydroxyl groups is 4. The van der Waals surface area contributed by atoms with Gasteiger partial charge in [-0.1, -0.05) is 12.1 Å². The predicted molar refractivity (Wildman–Crippen MR) is 62.8 cm³/mol. The summed E-state index contributed by atoms with van der Waals surface area (Å²) in [6.07, 6.45) is -3.82. The van der Waals surface area contributed by atoms with E-state index < -0.39 is 24.4 Å². The van der Waals surface area contributed by atoms with Crippen LogP contribution in [-0.4, -0.2) is 48.8 Å². The van der Waals surface area contributed by atoms with Crippen LogP contribution in [0.3, 0.4) is 0 Å². The van der Waals surface area contributed by atoms with Crippen LogP contribution in [0, 0.1) is 0 Å². The van der Waals surface area contributed by atoms with Gasteiger partial charge in [-0.05, 0) is 12.1 Å². The number of aromatic nitrogens is 2. The fourth-order valence-electron chi connectivity index (χ4n) is 2.53. The van der Waals surface area contributed by atoms with Crippen molar-refractivity contribution in [1.82, 2.24) is 9.55 Å². The van der Waals surface area contributed by atoms with E-state index in [4.69, 9.17) is 0 Å². The maximum Gasteiger partial charge on any atom is 0.142 e. The van der Waals surface area contributed by atoms with Crippen LogP contribution in [0.5, 0.6) is 0 Å². The number of rotatable bonds is 1. The van der Waals surface area contributed by atoms with E-state index in [-0.39, 0.29) is 12.4 Å². The molecule has 0 saturated heterocycles. The van der Waals surface area contributed by atoms with Crippen molar-refractivity contribution < 1.29 is 20.4 Å². The van der Waals surface area contributed by atoms with E-state index in [1.807, 2.05) is 12.1 Å². The van der Waals surface area contributed by atoms with Gasteiger partial charge in [0, 0.05) is 0 Å². The topological polar surface area (TPSA) is 98.7 Å². The Bertz CT molecular complexity index is 582. The molecule has 1 aromatic heterocycles. The Morgan fingerprint density at radius 3 is 2.56 bits per heavy atom. The zero-order valence-electron chi connectivity index (χ0n) is 9.51. The van der Waals surface area contributed by atoms with Gasteiger partial charge in [-0.3, -0.25) is 0 Å². The SMILES string of the molecule is OC[C@H]1[C@@H](O)[C@H](O)[C@@H](O)c2nc3ccccc3n21. The van der Waals surface area contributed by atoms with Gasteiger partial charge in [-0.15, -0.1) is 0 Å². The van der Waals surface area contributed by atoms with Crippen LogP contribution >= 0.6 is 0 Å². The number of benzene rings is 1. The Labute approximate surface area is 103 Å². The van der Waals surface area contributed by atoms with Crippen LogP contribution in [0.1, 0.15) is 18.0 Å². The monoisotopic (exact) mass is 250 g/mol. The summed E-state index contributed by atoms with van der Waals surface area (Å²) in [6.45, 7) is -0.335. The minimum absolute atomic E-state index is 0.271. The molecule has 0 amide bonds. The molecule has 0 spiro atoms. The predicted octanol–water partition coefficient (Wildman–Crippen LogP) is -0.661. The second kappa shape index (κ2) is 4.03. The van der Waals surface area contributed by atoms with Crippen molar-refractivity contribution in [2.75, 3.05) is 6.61 Å². The second-order valence-electron chi connectivity index (χ2n) is 4.50. The molecule has 1 aliphatic heterocycles. The number of imidazole rings is 1. The quantitative estimate of drug-likeness (QED) is 0.538. The molecule has 0 aliphatic carbocycles. The third kappa shape index (κ3) is 1.40. The Hall–Kier alpha value is -1.47. The smallest absolute Gasteiger partial charge is 0.142 e. The lowest BCUT2D eigenvalue weighted by atomic mass is 9.96. The standard InChI is InChI=1S/C12H14N2O4/c15-5-8-9(16)10(17)11(18)12-13-6-3-1-2-4-7(6)14(8)12/h1-4,8-11,15-18H,5H2/t8-,9+,10-,11+/m0/s1. The van der Waals surface area contributed by atoms with Crippen LogP contribution in [0.25, 0.3) is 11.0 Å². The van der Waals surface area contributed by atoms with Crippen molar-refractivity contribution in [3.8, 4) is 0 Å². The van der Waals surface area contributed by atoms with Gasteiger partial charge >= 0.3 is 0 Å². The third-order valence-electron chi connectivity index (χ3n) is 3.47. The summed E-state index contributed by atoms with van der Waals surface area (Å²) in [5.41, 5.74) is 1.38. The molecule has 3 rings (SSSR count). The Balaban J connectivity index is 2.29. The van der Waals surface area contributed by atoms with Crippen LogP contribution < -0.4 is 0 Å². The molecule has 0 saturated carbocycles. The molecule has 4 N–H and O–H groups in total. The molecule has 1 aromatic carbocycles. The summed E-state index contributed by atoms with van der Waals surface area (Å²) >= 11 is 0. The highest BCUT2D eigenvalue weighted by molar-refractivity contribution is 5.76. The van der Waals surface area contributed by atoms with Gasteiger partial charge in [0.25, 0.3) is 0 Å². The molecule has 4 atom stereocenters. The fraction of sp³-hybridized carbons (Fsp3) is 0.417. The van der Waals surface area contributed by atoms with Crippen molar-refractivity contribution in [3.05, 3.63) is 30.1 Å². The fourth-order valence-corrected chi connectivity index (χ4v) is 2.53. The highest BCUT2D eigenvalue weighted by Crippen LogP contribution is 2.35. The normalized spacial score (nSPS) is 31.6. The van der Waals surface area contributed by atoms with Crippen molar-refractivity contribution in [3.63, 3.8) is 0 Å². The Morgan fingerprint density at radius 1 is 1.11 bits per heavy atom. The molecule has 6 nitrogen and oxygen atoms in total. The summed E-state index contributed by atoms with van der Waals surface area (Å²) in [5.74, 6) is 0.271. The van der Waals surface area contributed by atoms with Crippen LogP contribution in [0.2, 0.25) is 0 Å². The van der Waals surface area contributed by atoms with E-state index in [1.54, 1.807) is 16.7 Å². The first kappa shape index (κ1) is 11.6. The summed E-state index contributed by atoms with van der Waals surface area (Å²) in [5, 5.41) is 39.0. The van der Waals surface area contributed by atoms with Gasteiger partial charge in [-0.2, -0.15) is 0 Å². The molecular weight excluding hydrogens is 236 g/mol. The lowest BCUT2D eigenvalue weighted by molar-refractivity contribution is -0.107. The summed E-state index contributed by atoms with van der Waals surface area (Å²) in [4.78, 5) is 4.25. The highest BCUT2D eigenvalue weighted by atomic mass is 16.4. The summed E-state index contributed by atoms with van der Waals surface area (Å²) in [6, 6.07) is 6.50. The third-order valence-corrected chi connectivity index (χ3v) is 3.47. The molecule has 1 aliphatic rings. The Kier molecular flexibility index (Phi) is 2.60. The molecule has 0 fully saturated rings. The first-order valence-electron chi connectivity index (χ1n) is 5.77. The molecule has 6 heteroatoms. The van der Waals surface area contributed by atoms with Crippen molar-refractivity contribution in [1.29, 1.82) is 0 Å². The lowest BCUT2D eigenvalue weighted by Crippen LogP contribution is -2.46. The molecule has 0 radical (unpaired) electrons. The average Bonchev–Trinajstić information content (AvgIpc) is 2.77. The van der Waals surface area contributed by atoms with Crippen LogP contribution in [-0.2, 0) is 0 Å². The number of aliphatic hydroxyl groups excluding tert-OH is 4. The minimum Gasteiger partial charge on any atom is -0.394 e. The minimum atomic E-state index is -1.34. The molecule has 0 unspecified atom stereocenters. The zero-order chi connectivity index (χ0) is 12.9. The van der Waals surface area contributed by atoms with Crippen molar-refractivity contribution in [2.24, 2.45) is 0 Å². The number of hydrogen-bond acceptors (Lipinski definition) is 5. The van der Waals surface area contributed by atoms with Crippen LogP contribution in [0.15, 0.2) is 24.3 Å². The maximum atomic E-state index is 9.94. The molecule has 0 bridgehead atoms. The number of para-hydroxylation sites is 2. The van der Waals surface area contributed by atoms with Gasteiger partial charge in [0.05, 0.1) is 23.7 Å². The van der Waals surface area contributed by atoms with E-state index in [9.17, 15) is 20.4 Å². The summed E-state index contributed by atoms with van der Waals surface area (Å²) in [7, 11) is 0.